The van der Waals surface area contributed by atoms with E-state index in [1.165, 1.54) is 6.07 Å². The smallest absolute Gasteiger partial charge is 0.159 e. The molecule has 2 aromatic rings. The van der Waals surface area contributed by atoms with Crippen LogP contribution in [0.3, 0.4) is 0 Å². The quantitative estimate of drug-likeness (QED) is 0.775. The van der Waals surface area contributed by atoms with Gasteiger partial charge in [-0.25, -0.2) is 8.78 Å². The molecule has 100 valence electrons. The van der Waals surface area contributed by atoms with Gasteiger partial charge < -0.3 is 0 Å². The summed E-state index contributed by atoms with van der Waals surface area (Å²) in [6, 6.07) is 3.50. The van der Waals surface area contributed by atoms with Gasteiger partial charge in [0.2, 0.25) is 0 Å². The van der Waals surface area contributed by atoms with Crippen LogP contribution in [0.2, 0.25) is 0 Å². The molecule has 1 heterocycles. The topological polar surface area (TPSA) is 34.9 Å². The molecule has 1 aromatic carbocycles. The molecule has 5 heteroatoms. The summed E-state index contributed by atoms with van der Waals surface area (Å²) in [5, 5.41) is 4.26. The second-order valence-electron chi connectivity index (χ2n) is 4.30. The number of carbonyl (C=O) groups excluding carboxylic acids is 1. The van der Waals surface area contributed by atoms with Gasteiger partial charge in [0.25, 0.3) is 0 Å². The summed E-state index contributed by atoms with van der Waals surface area (Å²) in [5.41, 5.74) is 1.16. The molecule has 0 amide bonds. The number of hydrogen-bond acceptors (Lipinski definition) is 2. The van der Waals surface area contributed by atoms with Gasteiger partial charge in [0.05, 0.1) is 5.56 Å². The third-order valence-corrected chi connectivity index (χ3v) is 2.85. The van der Waals surface area contributed by atoms with Gasteiger partial charge in [-0.05, 0) is 24.6 Å². The van der Waals surface area contributed by atoms with E-state index in [0.29, 0.717) is 29.7 Å². The summed E-state index contributed by atoms with van der Waals surface area (Å²) in [6.45, 7) is 2.75. The highest BCUT2D eigenvalue weighted by Gasteiger charge is 2.12. The minimum atomic E-state index is -0.947. The maximum Gasteiger partial charge on any atom is 0.159 e. The standard InChI is InChI=1S/C14H14F2N2O/c1-2-3-6-18-8-11(9-19)14(17-18)10-4-5-12(15)13(16)7-10/h4-5,7-9H,2-3,6H2,1H3. The molecule has 0 unspecified atom stereocenters. The molecule has 3 nitrogen and oxygen atoms in total. The Bertz CT molecular complexity index is 593. The number of nitrogens with zero attached hydrogens (tertiary/aromatic N) is 2. The SMILES string of the molecule is CCCCn1cc(C=O)c(-c2ccc(F)c(F)c2)n1. The van der Waals surface area contributed by atoms with Crippen LogP contribution >= 0.6 is 0 Å². The van der Waals surface area contributed by atoms with E-state index in [-0.39, 0.29) is 0 Å². The number of aldehydes is 1. The Kier molecular flexibility index (Phi) is 4.04. The van der Waals surface area contributed by atoms with Crippen LogP contribution in [0, 0.1) is 11.6 Å². The highest BCUT2D eigenvalue weighted by Crippen LogP contribution is 2.23. The molecule has 0 radical (unpaired) electrons. The summed E-state index contributed by atoms with van der Waals surface area (Å²) in [5.74, 6) is -1.86. The molecule has 1 aromatic heterocycles. The van der Waals surface area contributed by atoms with Crippen molar-refractivity contribution < 1.29 is 13.6 Å². The minimum absolute atomic E-state index is 0.377. The maximum absolute atomic E-state index is 13.2. The monoisotopic (exact) mass is 264 g/mol. The van der Waals surface area contributed by atoms with Crippen molar-refractivity contribution in [2.45, 2.75) is 26.3 Å². The molecular weight excluding hydrogens is 250 g/mol. The second kappa shape index (κ2) is 5.73. The van der Waals surface area contributed by atoms with E-state index in [2.05, 4.69) is 12.0 Å². The Hall–Kier alpha value is -2.04. The van der Waals surface area contributed by atoms with Crippen LogP contribution in [0.25, 0.3) is 11.3 Å². The van der Waals surface area contributed by atoms with E-state index in [4.69, 9.17) is 0 Å². The van der Waals surface area contributed by atoms with Crippen LogP contribution in [0.5, 0.6) is 0 Å². The first-order chi connectivity index (χ1) is 9.15. The predicted molar refractivity (Wildman–Crippen MR) is 67.9 cm³/mol. The second-order valence-corrected chi connectivity index (χ2v) is 4.30. The molecular formula is C14H14F2N2O. The van der Waals surface area contributed by atoms with Gasteiger partial charge in [0.15, 0.2) is 17.9 Å². The van der Waals surface area contributed by atoms with Gasteiger partial charge in [-0.1, -0.05) is 13.3 Å². The van der Waals surface area contributed by atoms with Crippen molar-refractivity contribution in [2.75, 3.05) is 0 Å². The number of rotatable bonds is 5. The summed E-state index contributed by atoms with van der Waals surface area (Å²) in [6.07, 6.45) is 4.25. The first-order valence-corrected chi connectivity index (χ1v) is 6.13. The first kappa shape index (κ1) is 13.4. The number of aryl methyl sites for hydroxylation is 1. The van der Waals surface area contributed by atoms with Crippen molar-refractivity contribution in [2.24, 2.45) is 0 Å². The van der Waals surface area contributed by atoms with Crippen LogP contribution < -0.4 is 0 Å². The lowest BCUT2D eigenvalue weighted by atomic mass is 10.1. The minimum Gasteiger partial charge on any atom is -0.298 e. The van der Waals surface area contributed by atoms with Gasteiger partial charge in [-0.15, -0.1) is 0 Å². The lowest BCUT2D eigenvalue weighted by Gasteiger charge is -2.00. The molecule has 0 fully saturated rings. The van der Waals surface area contributed by atoms with E-state index in [1.807, 2.05) is 0 Å². The van der Waals surface area contributed by atoms with Crippen molar-refractivity contribution in [3.8, 4) is 11.3 Å². The lowest BCUT2D eigenvalue weighted by Crippen LogP contribution is -1.98. The van der Waals surface area contributed by atoms with Crippen LogP contribution in [0.1, 0.15) is 30.1 Å². The van der Waals surface area contributed by atoms with Crippen molar-refractivity contribution >= 4 is 6.29 Å². The van der Waals surface area contributed by atoms with Crippen LogP contribution in [-0.4, -0.2) is 16.1 Å². The van der Waals surface area contributed by atoms with E-state index < -0.39 is 11.6 Å². The van der Waals surface area contributed by atoms with Gasteiger partial charge >= 0.3 is 0 Å². The molecule has 0 atom stereocenters. The van der Waals surface area contributed by atoms with Crippen LogP contribution in [0.15, 0.2) is 24.4 Å². The number of aromatic nitrogens is 2. The van der Waals surface area contributed by atoms with E-state index in [9.17, 15) is 13.6 Å². The zero-order valence-corrected chi connectivity index (χ0v) is 10.6. The largest absolute Gasteiger partial charge is 0.298 e. The zero-order chi connectivity index (χ0) is 13.8. The van der Waals surface area contributed by atoms with Crippen molar-refractivity contribution in [1.29, 1.82) is 0 Å². The Morgan fingerprint density at radius 3 is 2.74 bits per heavy atom. The maximum atomic E-state index is 13.2. The van der Waals surface area contributed by atoms with Gasteiger partial charge in [-0.3, -0.25) is 9.48 Å². The number of carbonyl (C=O) groups is 1. The fourth-order valence-corrected chi connectivity index (χ4v) is 1.83. The summed E-state index contributed by atoms with van der Waals surface area (Å²) in [7, 11) is 0. The highest BCUT2D eigenvalue weighted by atomic mass is 19.2. The molecule has 0 aliphatic carbocycles. The summed E-state index contributed by atoms with van der Waals surface area (Å²) >= 11 is 0. The molecule has 0 aliphatic rings. The third kappa shape index (κ3) is 2.86. The molecule has 0 saturated carbocycles. The number of unbranched alkanes of at least 4 members (excludes halogenated alkanes) is 1. The van der Waals surface area contributed by atoms with Crippen LogP contribution in [0.4, 0.5) is 8.78 Å². The number of hydrogen-bond donors (Lipinski definition) is 0. The first-order valence-electron chi connectivity index (χ1n) is 6.13. The Morgan fingerprint density at radius 2 is 2.11 bits per heavy atom. The average molecular weight is 264 g/mol. The van der Waals surface area contributed by atoms with Crippen LogP contribution in [-0.2, 0) is 6.54 Å². The van der Waals surface area contributed by atoms with Gasteiger partial charge in [0.1, 0.15) is 5.69 Å². The van der Waals surface area contributed by atoms with Gasteiger partial charge in [-0.2, -0.15) is 5.10 Å². The molecule has 0 N–H and O–H groups in total. The number of halogens is 2. The fraction of sp³-hybridized carbons (Fsp3) is 0.286. The van der Waals surface area contributed by atoms with E-state index in [0.717, 1.165) is 25.0 Å². The highest BCUT2D eigenvalue weighted by molar-refractivity contribution is 5.85. The molecule has 2 rings (SSSR count). The molecule has 0 bridgehead atoms. The Balaban J connectivity index is 2.39. The predicted octanol–water partition coefficient (Wildman–Crippen LogP) is 3.44. The molecule has 0 aliphatic heterocycles. The fourth-order valence-electron chi connectivity index (χ4n) is 1.83. The summed E-state index contributed by atoms with van der Waals surface area (Å²) in [4.78, 5) is 11.0. The lowest BCUT2D eigenvalue weighted by molar-refractivity contribution is 0.112. The van der Waals surface area contributed by atoms with Crippen molar-refractivity contribution in [3.05, 3.63) is 41.6 Å². The van der Waals surface area contributed by atoms with E-state index in [1.54, 1.807) is 10.9 Å². The number of benzene rings is 1. The molecule has 0 saturated heterocycles. The Labute approximate surface area is 109 Å². The molecule has 0 spiro atoms. The Morgan fingerprint density at radius 1 is 1.32 bits per heavy atom. The zero-order valence-electron chi connectivity index (χ0n) is 10.6. The normalized spacial score (nSPS) is 10.7. The molecule has 19 heavy (non-hydrogen) atoms. The summed E-state index contributed by atoms with van der Waals surface area (Å²) < 4.78 is 27.8. The van der Waals surface area contributed by atoms with E-state index >= 15 is 0 Å². The average Bonchev–Trinajstić information content (AvgIpc) is 2.83. The van der Waals surface area contributed by atoms with Crippen molar-refractivity contribution in [1.82, 2.24) is 9.78 Å². The van der Waals surface area contributed by atoms with Crippen molar-refractivity contribution in [3.63, 3.8) is 0 Å². The van der Waals surface area contributed by atoms with Gasteiger partial charge in [0, 0.05) is 18.3 Å². The third-order valence-electron chi connectivity index (χ3n) is 2.85.